The molecule has 0 fully saturated rings. The van der Waals surface area contributed by atoms with Crippen molar-refractivity contribution in [1.82, 2.24) is 19.4 Å². The minimum Gasteiger partial charge on any atom is -0.344 e. The van der Waals surface area contributed by atoms with E-state index in [1.54, 1.807) is 6.33 Å². The summed E-state index contributed by atoms with van der Waals surface area (Å²) >= 11 is 5.39. The predicted octanol–water partition coefficient (Wildman–Crippen LogP) is 2.79. The van der Waals surface area contributed by atoms with E-state index >= 15 is 0 Å². The van der Waals surface area contributed by atoms with Crippen LogP contribution in [0.4, 0.5) is 0 Å². The summed E-state index contributed by atoms with van der Waals surface area (Å²) in [7, 11) is 0. The second-order valence-corrected chi connectivity index (χ2v) is 6.38. The zero-order valence-corrected chi connectivity index (χ0v) is 14.3. The van der Waals surface area contributed by atoms with Crippen LogP contribution in [-0.2, 0) is 13.0 Å². The molecule has 0 spiro atoms. The fourth-order valence-corrected chi connectivity index (χ4v) is 3.75. The molecule has 4 rings (SSSR count). The maximum absolute atomic E-state index is 12.7. The fourth-order valence-electron chi connectivity index (χ4n) is 3.48. The van der Waals surface area contributed by atoms with Crippen molar-refractivity contribution >= 4 is 35.4 Å². The first kappa shape index (κ1) is 15.7. The van der Waals surface area contributed by atoms with Crippen molar-refractivity contribution in [1.29, 1.82) is 5.41 Å². The fraction of sp³-hybridized carbons (Fsp3) is 0.222. The van der Waals surface area contributed by atoms with Crippen molar-refractivity contribution in [2.75, 3.05) is 13.1 Å². The molecule has 1 aliphatic rings. The molecule has 1 amide bonds. The largest absolute Gasteiger partial charge is 0.344 e. The number of aromatic amines is 1. The minimum absolute atomic E-state index is 0.0374. The number of aromatic nitrogens is 3. The second kappa shape index (κ2) is 6.25. The van der Waals surface area contributed by atoms with Crippen LogP contribution in [0.1, 0.15) is 21.6 Å². The smallest absolute Gasteiger partial charge is 0.253 e. The van der Waals surface area contributed by atoms with E-state index in [1.165, 1.54) is 6.21 Å². The number of carbonyl (C=O) groups excluding carboxylic acids is 1. The Morgan fingerprint density at radius 1 is 1.24 bits per heavy atom. The quantitative estimate of drug-likeness (QED) is 0.550. The summed E-state index contributed by atoms with van der Waals surface area (Å²) in [5.41, 5.74) is 4.26. The van der Waals surface area contributed by atoms with Gasteiger partial charge in [-0.3, -0.25) is 4.79 Å². The van der Waals surface area contributed by atoms with Crippen LogP contribution in [0.2, 0.25) is 0 Å². The molecule has 1 aromatic carbocycles. The molecule has 0 bridgehead atoms. The molecule has 7 heteroatoms. The zero-order chi connectivity index (χ0) is 17.4. The summed E-state index contributed by atoms with van der Waals surface area (Å²) in [6.45, 7) is 1.86. The van der Waals surface area contributed by atoms with E-state index in [4.69, 9.17) is 17.6 Å². The third kappa shape index (κ3) is 2.56. The van der Waals surface area contributed by atoms with E-state index in [9.17, 15) is 4.79 Å². The molecular formula is C18H17N5OS. The maximum Gasteiger partial charge on any atom is 0.253 e. The lowest BCUT2D eigenvalue weighted by atomic mass is 10.1. The van der Waals surface area contributed by atoms with Gasteiger partial charge in [-0.15, -0.1) is 0 Å². The number of rotatable bonds is 2. The molecule has 2 aromatic heterocycles. The molecule has 3 aromatic rings. The number of hydrogen-bond donors (Lipinski definition) is 2. The van der Waals surface area contributed by atoms with Crippen molar-refractivity contribution < 1.29 is 4.79 Å². The Hall–Kier alpha value is -2.80. The number of hydrogen-bond acceptors (Lipinski definition) is 4. The number of carbonyl (C=O) groups is 1. The Bertz CT molecular complexity index is 1020. The lowest BCUT2D eigenvalue weighted by Crippen LogP contribution is -2.33. The van der Waals surface area contributed by atoms with Crippen LogP contribution >= 0.6 is 12.2 Å². The lowest BCUT2D eigenvalue weighted by molar-refractivity contribution is 0.0759. The summed E-state index contributed by atoms with van der Waals surface area (Å²) in [5, 5.41) is 7.80. The Labute approximate surface area is 149 Å². The van der Waals surface area contributed by atoms with Crippen LogP contribution < -0.4 is 0 Å². The molecule has 126 valence electrons. The van der Waals surface area contributed by atoms with Crippen molar-refractivity contribution in [2.45, 2.75) is 13.0 Å². The molecule has 1 aliphatic heterocycles. The maximum atomic E-state index is 12.7. The Morgan fingerprint density at radius 2 is 2.04 bits per heavy atom. The van der Waals surface area contributed by atoms with Crippen LogP contribution in [0.15, 0.2) is 36.7 Å². The predicted molar refractivity (Wildman–Crippen MR) is 98.9 cm³/mol. The number of nitrogens with one attached hydrogen (secondary N) is 2. The lowest BCUT2D eigenvalue weighted by Gasteiger charge is -2.20. The third-order valence-corrected chi connectivity index (χ3v) is 4.97. The Balaban J connectivity index is 1.73. The van der Waals surface area contributed by atoms with Crippen LogP contribution in [0.25, 0.3) is 11.0 Å². The molecule has 0 unspecified atom stereocenters. The number of H-pyrrole nitrogens is 1. The minimum atomic E-state index is 0.0374. The first-order valence-electron chi connectivity index (χ1n) is 8.14. The first-order chi connectivity index (χ1) is 12.2. The summed E-state index contributed by atoms with van der Waals surface area (Å²) in [6, 6.07) is 9.33. The molecule has 0 atom stereocenters. The standard InChI is InChI=1S/C18H17N5OS/c19-10-13-14-6-7-22(18(24)12-4-2-1-3-5-12)8-9-23(14)16-15(13)20-11-21-17(16)25/h1-5,10-11,19H,6-9H2,(H,20,21,25). The van der Waals surface area contributed by atoms with Crippen LogP contribution in [0.3, 0.4) is 0 Å². The van der Waals surface area contributed by atoms with Gasteiger partial charge in [-0.1, -0.05) is 30.4 Å². The molecule has 0 aliphatic carbocycles. The van der Waals surface area contributed by atoms with Crippen LogP contribution in [0, 0.1) is 10.0 Å². The van der Waals surface area contributed by atoms with Gasteiger partial charge in [0.2, 0.25) is 0 Å². The average Bonchev–Trinajstić information content (AvgIpc) is 2.80. The molecule has 0 saturated carbocycles. The number of benzene rings is 1. The Kier molecular flexibility index (Phi) is 3.93. The number of nitrogens with zero attached hydrogens (tertiary/aromatic N) is 3. The summed E-state index contributed by atoms with van der Waals surface area (Å²) < 4.78 is 2.63. The van der Waals surface area contributed by atoms with Crippen molar-refractivity contribution in [2.24, 2.45) is 0 Å². The van der Waals surface area contributed by atoms with Gasteiger partial charge in [0, 0.05) is 49.1 Å². The average molecular weight is 351 g/mol. The van der Waals surface area contributed by atoms with Crippen LogP contribution in [0.5, 0.6) is 0 Å². The van der Waals surface area contributed by atoms with E-state index in [0.717, 1.165) is 22.3 Å². The van der Waals surface area contributed by atoms with Gasteiger partial charge in [0.15, 0.2) is 4.64 Å². The highest BCUT2D eigenvalue weighted by Crippen LogP contribution is 2.26. The van der Waals surface area contributed by atoms with E-state index in [1.807, 2.05) is 35.2 Å². The highest BCUT2D eigenvalue weighted by atomic mass is 32.1. The van der Waals surface area contributed by atoms with Gasteiger partial charge in [-0.2, -0.15) is 0 Å². The normalized spacial score (nSPS) is 14.2. The summed E-state index contributed by atoms with van der Waals surface area (Å²) in [4.78, 5) is 21.9. The van der Waals surface area contributed by atoms with Gasteiger partial charge in [0.05, 0.1) is 11.8 Å². The zero-order valence-electron chi connectivity index (χ0n) is 13.5. The molecular weight excluding hydrogens is 334 g/mol. The molecule has 0 radical (unpaired) electrons. The van der Waals surface area contributed by atoms with Crippen molar-refractivity contribution in [3.8, 4) is 0 Å². The molecule has 2 N–H and O–H groups in total. The second-order valence-electron chi connectivity index (χ2n) is 6.00. The van der Waals surface area contributed by atoms with E-state index in [0.29, 0.717) is 36.3 Å². The van der Waals surface area contributed by atoms with Crippen molar-refractivity contribution in [3.05, 3.63) is 58.1 Å². The SMILES string of the molecule is N=Cc1c2n(c3c(=S)nc[nH]c13)CCN(C(=O)c1ccccc1)CC2. The first-order valence-corrected chi connectivity index (χ1v) is 8.55. The third-order valence-electron chi connectivity index (χ3n) is 4.67. The van der Waals surface area contributed by atoms with Gasteiger partial charge in [-0.05, 0) is 12.1 Å². The molecule has 0 saturated heterocycles. The van der Waals surface area contributed by atoms with E-state index < -0.39 is 0 Å². The van der Waals surface area contributed by atoms with E-state index in [2.05, 4.69) is 14.5 Å². The van der Waals surface area contributed by atoms with Crippen molar-refractivity contribution in [3.63, 3.8) is 0 Å². The van der Waals surface area contributed by atoms with E-state index in [-0.39, 0.29) is 5.91 Å². The monoisotopic (exact) mass is 351 g/mol. The highest BCUT2D eigenvalue weighted by molar-refractivity contribution is 7.71. The topological polar surface area (TPSA) is 77.8 Å². The summed E-state index contributed by atoms with van der Waals surface area (Å²) in [6.07, 6.45) is 3.61. The van der Waals surface area contributed by atoms with Gasteiger partial charge < -0.3 is 19.9 Å². The molecule has 25 heavy (non-hydrogen) atoms. The van der Waals surface area contributed by atoms with Gasteiger partial charge >= 0.3 is 0 Å². The highest BCUT2D eigenvalue weighted by Gasteiger charge is 2.24. The van der Waals surface area contributed by atoms with Gasteiger partial charge in [0.1, 0.15) is 5.52 Å². The molecule has 6 nitrogen and oxygen atoms in total. The number of amides is 1. The molecule has 3 heterocycles. The number of fused-ring (bicyclic) bond motifs is 3. The van der Waals surface area contributed by atoms with Gasteiger partial charge in [-0.25, -0.2) is 4.98 Å². The van der Waals surface area contributed by atoms with Gasteiger partial charge in [0.25, 0.3) is 5.91 Å². The summed E-state index contributed by atoms with van der Waals surface area (Å²) in [5.74, 6) is 0.0374. The Morgan fingerprint density at radius 3 is 2.80 bits per heavy atom. The van der Waals surface area contributed by atoms with Crippen LogP contribution in [-0.4, -0.2) is 44.6 Å².